The Labute approximate surface area is 109 Å². The van der Waals surface area contributed by atoms with Crippen molar-refractivity contribution >= 4 is 5.78 Å². The molecule has 4 heteroatoms. The van der Waals surface area contributed by atoms with Gasteiger partial charge in [-0.3, -0.25) is 4.79 Å². The van der Waals surface area contributed by atoms with Crippen LogP contribution in [-0.4, -0.2) is 10.9 Å². The van der Waals surface area contributed by atoms with E-state index in [4.69, 9.17) is 0 Å². The van der Waals surface area contributed by atoms with Crippen molar-refractivity contribution in [3.05, 3.63) is 53.6 Å². The monoisotopic (exact) mass is 262 g/mol. The lowest BCUT2D eigenvalue weighted by atomic mass is 9.95. The molecule has 0 amide bonds. The molecular formula is C15H12F2O2. The number of ketones is 1. The number of carbonyl (C=O) groups excluding carboxylic acids is 1. The van der Waals surface area contributed by atoms with E-state index in [1.54, 1.807) is 6.92 Å². The van der Waals surface area contributed by atoms with E-state index in [0.29, 0.717) is 0 Å². The first-order chi connectivity index (χ1) is 9.04. The van der Waals surface area contributed by atoms with E-state index in [0.717, 1.165) is 12.1 Å². The number of hydrogen-bond acceptors (Lipinski definition) is 2. The fourth-order valence-corrected chi connectivity index (χ4v) is 1.93. The lowest BCUT2D eigenvalue weighted by Crippen LogP contribution is -2.03. The second-order valence-corrected chi connectivity index (χ2v) is 4.10. The Morgan fingerprint density at radius 1 is 1.16 bits per heavy atom. The second kappa shape index (κ2) is 5.18. The highest BCUT2D eigenvalue weighted by atomic mass is 19.1. The molecule has 0 spiro atoms. The molecule has 0 saturated heterocycles. The van der Waals surface area contributed by atoms with Crippen molar-refractivity contribution < 1.29 is 18.7 Å². The van der Waals surface area contributed by atoms with Crippen LogP contribution >= 0.6 is 0 Å². The van der Waals surface area contributed by atoms with Crippen molar-refractivity contribution in [2.45, 2.75) is 13.3 Å². The summed E-state index contributed by atoms with van der Waals surface area (Å²) >= 11 is 0. The summed E-state index contributed by atoms with van der Waals surface area (Å²) < 4.78 is 27.1. The highest BCUT2D eigenvalue weighted by molar-refractivity contribution is 6.03. The summed E-state index contributed by atoms with van der Waals surface area (Å²) in [6.07, 6.45) is 0.129. The molecule has 0 fully saturated rings. The van der Waals surface area contributed by atoms with Gasteiger partial charge in [0.2, 0.25) is 0 Å². The standard InChI is InChI=1S/C15H12F2O2/c1-2-13(18)15-10(4-3-5-12(15)17)11-8-9(16)6-7-14(11)19/h3-8,19H,2H2,1H3. The van der Waals surface area contributed by atoms with Crippen molar-refractivity contribution in [1.82, 2.24) is 0 Å². The van der Waals surface area contributed by atoms with Gasteiger partial charge >= 0.3 is 0 Å². The molecule has 0 aliphatic carbocycles. The van der Waals surface area contributed by atoms with Gasteiger partial charge in [0, 0.05) is 12.0 Å². The van der Waals surface area contributed by atoms with E-state index in [1.165, 1.54) is 24.3 Å². The molecule has 1 N–H and O–H groups in total. The van der Waals surface area contributed by atoms with Gasteiger partial charge in [-0.05, 0) is 29.8 Å². The number of halogens is 2. The van der Waals surface area contributed by atoms with Crippen LogP contribution in [-0.2, 0) is 0 Å². The van der Waals surface area contributed by atoms with Gasteiger partial charge in [0.25, 0.3) is 0 Å². The smallest absolute Gasteiger partial charge is 0.166 e. The Bertz CT molecular complexity index is 636. The van der Waals surface area contributed by atoms with Gasteiger partial charge in [-0.2, -0.15) is 0 Å². The summed E-state index contributed by atoms with van der Waals surface area (Å²) in [5.41, 5.74) is 0.186. The fourth-order valence-electron chi connectivity index (χ4n) is 1.93. The normalized spacial score (nSPS) is 10.5. The molecule has 98 valence electrons. The fraction of sp³-hybridized carbons (Fsp3) is 0.133. The predicted molar refractivity (Wildman–Crippen MR) is 68.1 cm³/mol. The summed E-state index contributed by atoms with van der Waals surface area (Å²) in [4.78, 5) is 11.8. The molecular weight excluding hydrogens is 250 g/mol. The first-order valence-corrected chi connectivity index (χ1v) is 5.85. The van der Waals surface area contributed by atoms with Gasteiger partial charge in [0.1, 0.15) is 17.4 Å². The van der Waals surface area contributed by atoms with Crippen molar-refractivity contribution in [1.29, 1.82) is 0 Å². The van der Waals surface area contributed by atoms with Crippen LogP contribution in [0.2, 0.25) is 0 Å². The zero-order valence-corrected chi connectivity index (χ0v) is 10.3. The minimum Gasteiger partial charge on any atom is -0.507 e. The van der Waals surface area contributed by atoms with Crippen molar-refractivity contribution in [3.63, 3.8) is 0 Å². The molecule has 2 nitrogen and oxygen atoms in total. The summed E-state index contributed by atoms with van der Waals surface area (Å²) in [7, 11) is 0. The van der Waals surface area contributed by atoms with Crippen molar-refractivity contribution in [2.75, 3.05) is 0 Å². The highest BCUT2D eigenvalue weighted by Crippen LogP contribution is 2.33. The SMILES string of the molecule is CCC(=O)c1c(F)cccc1-c1cc(F)ccc1O. The van der Waals surface area contributed by atoms with Crippen LogP contribution in [0.25, 0.3) is 11.1 Å². The van der Waals surface area contributed by atoms with Crippen LogP contribution in [0.5, 0.6) is 5.75 Å². The summed E-state index contributed by atoms with van der Waals surface area (Å²) in [5, 5.41) is 9.76. The quantitative estimate of drug-likeness (QED) is 0.851. The van der Waals surface area contributed by atoms with Crippen LogP contribution in [0, 0.1) is 11.6 Å². The third kappa shape index (κ3) is 2.47. The van der Waals surface area contributed by atoms with E-state index >= 15 is 0 Å². The number of phenolic OH excluding ortho intramolecular Hbond substituents is 1. The Kier molecular flexibility index (Phi) is 3.60. The summed E-state index contributed by atoms with van der Waals surface area (Å²) in [5.74, 6) is -1.83. The largest absolute Gasteiger partial charge is 0.507 e. The maximum atomic E-state index is 13.8. The number of Topliss-reactive ketones (excluding diaryl/α,β-unsaturated/α-hetero) is 1. The third-order valence-electron chi connectivity index (χ3n) is 2.86. The Hall–Kier alpha value is -2.23. The van der Waals surface area contributed by atoms with Gasteiger partial charge in [-0.25, -0.2) is 8.78 Å². The highest BCUT2D eigenvalue weighted by Gasteiger charge is 2.18. The Morgan fingerprint density at radius 2 is 1.89 bits per heavy atom. The van der Waals surface area contributed by atoms with Gasteiger partial charge < -0.3 is 5.11 Å². The molecule has 19 heavy (non-hydrogen) atoms. The van der Waals surface area contributed by atoms with E-state index in [1.807, 2.05) is 0 Å². The zero-order chi connectivity index (χ0) is 14.0. The maximum Gasteiger partial charge on any atom is 0.166 e. The molecule has 2 aromatic carbocycles. The average molecular weight is 262 g/mol. The minimum atomic E-state index is -0.673. The molecule has 0 unspecified atom stereocenters. The molecule has 0 aliphatic heterocycles. The van der Waals surface area contributed by atoms with E-state index in [2.05, 4.69) is 0 Å². The van der Waals surface area contributed by atoms with Crippen molar-refractivity contribution in [3.8, 4) is 16.9 Å². The van der Waals surface area contributed by atoms with Crippen LogP contribution in [0.15, 0.2) is 36.4 Å². The summed E-state index contributed by atoms with van der Waals surface area (Å²) in [6, 6.07) is 7.43. The van der Waals surface area contributed by atoms with E-state index in [9.17, 15) is 18.7 Å². The number of aromatic hydroxyl groups is 1. The lowest BCUT2D eigenvalue weighted by molar-refractivity contribution is 0.0985. The first-order valence-electron chi connectivity index (χ1n) is 5.85. The second-order valence-electron chi connectivity index (χ2n) is 4.10. The molecule has 0 atom stereocenters. The number of benzene rings is 2. The van der Waals surface area contributed by atoms with Gasteiger partial charge in [-0.15, -0.1) is 0 Å². The molecule has 2 aromatic rings. The minimum absolute atomic E-state index is 0.108. The molecule has 0 aliphatic rings. The average Bonchev–Trinajstić information content (AvgIpc) is 2.40. The van der Waals surface area contributed by atoms with Gasteiger partial charge in [0.15, 0.2) is 5.78 Å². The Balaban J connectivity index is 2.72. The zero-order valence-electron chi connectivity index (χ0n) is 10.3. The van der Waals surface area contributed by atoms with E-state index in [-0.39, 0.29) is 28.9 Å². The topological polar surface area (TPSA) is 37.3 Å². The first kappa shape index (κ1) is 13.2. The molecule has 2 rings (SSSR count). The molecule has 0 aromatic heterocycles. The van der Waals surface area contributed by atoms with E-state index < -0.39 is 17.4 Å². The van der Waals surface area contributed by atoms with Crippen LogP contribution in [0.3, 0.4) is 0 Å². The maximum absolute atomic E-state index is 13.8. The number of hydrogen-bond donors (Lipinski definition) is 1. The van der Waals surface area contributed by atoms with Crippen LogP contribution in [0.1, 0.15) is 23.7 Å². The van der Waals surface area contributed by atoms with Crippen LogP contribution in [0.4, 0.5) is 8.78 Å². The number of phenols is 1. The molecule has 0 saturated carbocycles. The van der Waals surface area contributed by atoms with Gasteiger partial charge in [0.05, 0.1) is 5.56 Å². The summed E-state index contributed by atoms with van der Waals surface area (Å²) in [6.45, 7) is 1.62. The van der Waals surface area contributed by atoms with Crippen LogP contribution < -0.4 is 0 Å². The lowest BCUT2D eigenvalue weighted by Gasteiger charge is -2.11. The predicted octanol–water partition coefficient (Wildman–Crippen LogP) is 3.93. The molecule has 0 radical (unpaired) electrons. The van der Waals surface area contributed by atoms with Crippen molar-refractivity contribution in [2.24, 2.45) is 0 Å². The number of rotatable bonds is 3. The third-order valence-corrected chi connectivity index (χ3v) is 2.86. The molecule has 0 bridgehead atoms. The number of carbonyl (C=O) groups is 1. The Morgan fingerprint density at radius 3 is 2.58 bits per heavy atom. The van der Waals surface area contributed by atoms with Gasteiger partial charge in [-0.1, -0.05) is 19.1 Å². The molecule has 0 heterocycles.